The lowest BCUT2D eigenvalue weighted by molar-refractivity contribution is 0.281. The van der Waals surface area contributed by atoms with Crippen molar-refractivity contribution in [2.75, 3.05) is 12.4 Å². The van der Waals surface area contributed by atoms with Gasteiger partial charge in [0.2, 0.25) is 0 Å². The summed E-state index contributed by atoms with van der Waals surface area (Å²) in [6.07, 6.45) is 1.76. The van der Waals surface area contributed by atoms with Crippen LogP contribution in [0.4, 0.5) is 5.13 Å². The third-order valence-corrected chi connectivity index (χ3v) is 4.35. The number of aromatic nitrogens is 1. The highest BCUT2D eigenvalue weighted by Gasteiger charge is 2.13. The summed E-state index contributed by atoms with van der Waals surface area (Å²) in [5, 5.41) is 6.65. The molecule has 3 aromatic rings. The molecule has 3 rings (SSSR count). The van der Waals surface area contributed by atoms with Crippen LogP contribution in [-0.2, 0) is 13.2 Å². The van der Waals surface area contributed by atoms with Crippen LogP contribution >= 0.6 is 22.9 Å². The number of nitrogens with one attached hydrogen (secondary N) is 1. The number of anilines is 1. The minimum atomic E-state index is 0.461. The van der Waals surface area contributed by atoms with Gasteiger partial charge in [0.25, 0.3) is 0 Å². The van der Waals surface area contributed by atoms with Gasteiger partial charge in [-0.3, -0.25) is 0 Å². The summed E-state index contributed by atoms with van der Waals surface area (Å²) >= 11 is 7.75. The van der Waals surface area contributed by atoms with E-state index >= 15 is 0 Å². The Morgan fingerprint density at radius 3 is 2.75 bits per heavy atom. The maximum atomic E-state index is 6.20. The third-order valence-electron chi connectivity index (χ3n) is 3.40. The van der Waals surface area contributed by atoms with Crippen molar-refractivity contribution >= 4 is 28.1 Å². The van der Waals surface area contributed by atoms with Gasteiger partial charge in [0.15, 0.2) is 16.6 Å². The average Bonchev–Trinajstić information content (AvgIpc) is 3.13. The molecule has 0 aliphatic carbocycles. The monoisotopic (exact) mass is 360 g/mol. The number of thiazole rings is 1. The van der Waals surface area contributed by atoms with Gasteiger partial charge in [-0.15, -0.1) is 11.3 Å². The molecule has 0 unspecified atom stereocenters. The molecule has 1 heterocycles. The summed E-state index contributed by atoms with van der Waals surface area (Å²) in [7, 11) is 1.61. The van der Waals surface area contributed by atoms with E-state index in [1.165, 1.54) is 0 Å². The number of methoxy groups -OCH3 is 1. The van der Waals surface area contributed by atoms with Crippen molar-refractivity contribution in [3.63, 3.8) is 0 Å². The normalized spacial score (nSPS) is 10.4. The first-order valence-corrected chi connectivity index (χ1v) is 8.68. The van der Waals surface area contributed by atoms with Gasteiger partial charge in [0.05, 0.1) is 7.11 Å². The Morgan fingerprint density at radius 2 is 2.04 bits per heavy atom. The zero-order valence-corrected chi connectivity index (χ0v) is 14.7. The quantitative estimate of drug-likeness (QED) is 0.644. The molecule has 1 N–H and O–H groups in total. The predicted molar refractivity (Wildman–Crippen MR) is 98.2 cm³/mol. The summed E-state index contributed by atoms with van der Waals surface area (Å²) < 4.78 is 11.5. The van der Waals surface area contributed by atoms with Gasteiger partial charge in [-0.2, -0.15) is 0 Å². The van der Waals surface area contributed by atoms with E-state index in [0.717, 1.165) is 16.3 Å². The zero-order chi connectivity index (χ0) is 16.8. The molecule has 0 atom stereocenters. The molecule has 0 saturated carbocycles. The first-order valence-electron chi connectivity index (χ1n) is 7.43. The smallest absolute Gasteiger partial charge is 0.182 e. The zero-order valence-electron chi connectivity index (χ0n) is 13.2. The topological polar surface area (TPSA) is 43.4 Å². The molecule has 1 aromatic heterocycles. The molecule has 2 aromatic carbocycles. The fourth-order valence-electron chi connectivity index (χ4n) is 2.28. The number of benzene rings is 2. The third kappa shape index (κ3) is 4.19. The maximum absolute atomic E-state index is 6.20. The summed E-state index contributed by atoms with van der Waals surface area (Å²) in [6.45, 7) is 1.01. The van der Waals surface area contributed by atoms with E-state index < -0.39 is 0 Å². The van der Waals surface area contributed by atoms with Gasteiger partial charge in [-0.05, 0) is 11.6 Å². The van der Waals surface area contributed by atoms with Crippen LogP contribution in [0.3, 0.4) is 0 Å². The highest BCUT2D eigenvalue weighted by molar-refractivity contribution is 7.13. The summed E-state index contributed by atoms with van der Waals surface area (Å²) in [5.74, 6) is 1.31. The fourth-order valence-corrected chi connectivity index (χ4v) is 3.04. The van der Waals surface area contributed by atoms with Crippen LogP contribution < -0.4 is 14.8 Å². The molecule has 0 spiro atoms. The molecule has 4 nitrogen and oxygen atoms in total. The van der Waals surface area contributed by atoms with Gasteiger partial charge < -0.3 is 14.8 Å². The Hall–Kier alpha value is -2.24. The number of hydrogen-bond acceptors (Lipinski definition) is 5. The van der Waals surface area contributed by atoms with E-state index in [1.807, 2.05) is 41.8 Å². The average molecular weight is 361 g/mol. The first kappa shape index (κ1) is 16.6. The van der Waals surface area contributed by atoms with E-state index in [4.69, 9.17) is 21.1 Å². The second-order valence-corrected chi connectivity index (χ2v) is 6.39. The Morgan fingerprint density at radius 1 is 1.21 bits per heavy atom. The Balaban J connectivity index is 1.81. The molecule has 0 radical (unpaired) electrons. The predicted octanol–water partition coefficient (Wildman–Crippen LogP) is 5.00. The highest BCUT2D eigenvalue weighted by Crippen LogP contribution is 2.35. The highest BCUT2D eigenvalue weighted by atomic mass is 35.5. The van der Waals surface area contributed by atoms with Crippen molar-refractivity contribution in [3.05, 3.63) is 70.2 Å². The molecule has 24 heavy (non-hydrogen) atoms. The van der Waals surface area contributed by atoms with E-state index in [1.54, 1.807) is 30.7 Å². The molecule has 0 amide bonds. The van der Waals surface area contributed by atoms with Crippen molar-refractivity contribution in [1.29, 1.82) is 0 Å². The molecule has 6 heteroatoms. The van der Waals surface area contributed by atoms with Gasteiger partial charge in [-0.25, -0.2) is 4.98 Å². The summed E-state index contributed by atoms with van der Waals surface area (Å²) in [5.41, 5.74) is 2.01. The van der Waals surface area contributed by atoms with E-state index in [2.05, 4.69) is 10.3 Å². The first-order chi connectivity index (χ1) is 11.8. The van der Waals surface area contributed by atoms with Crippen molar-refractivity contribution in [2.45, 2.75) is 13.2 Å². The van der Waals surface area contributed by atoms with Crippen LogP contribution in [-0.4, -0.2) is 12.1 Å². The number of hydrogen-bond donors (Lipinski definition) is 1. The van der Waals surface area contributed by atoms with Crippen LogP contribution in [0.2, 0.25) is 5.02 Å². The Kier molecular flexibility index (Phi) is 5.56. The lowest BCUT2D eigenvalue weighted by Gasteiger charge is -2.16. The second-order valence-electron chi connectivity index (χ2n) is 5.06. The van der Waals surface area contributed by atoms with Gasteiger partial charge in [0, 0.05) is 34.8 Å². The van der Waals surface area contributed by atoms with Crippen LogP contribution in [0.15, 0.2) is 54.0 Å². The summed E-state index contributed by atoms with van der Waals surface area (Å²) in [6, 6.07) is 13.6. The minimum Gasteiger partial charge on any atom is -0.493 e. The molecule has 0 saturated heterocycles. The van der Waals surface area contributed by atoms with Crippen LogP contribution in [0.25, 0.3) is 0 Å². The Labute approximate surface area is 150 Å². The SMILES string of the molecule is COc1cc(Cl)cc(CNc2nccs2)c1OCc1ccccc1. The number of halogens is 1. The molecule has 0 fully saturated rings. The fraction of sp³-hybridized carbons (Fsp3) is 0.167. The van der Waals surface area contributed by atoms with Crippen LogP contribution in [0, 0.1) is 0 Å². The van der Waals surface area contributed by atoms with E-state index in [9.17, 15) is 0 Å². The molecular formula is C18H17ClN2O2S. The molecule has 0 aliphatic rings. The van der Waals surface area contributed by atoms with Gasteiger partial charge in [0.1, 0.15) is 6.61 Å². The van der Waals surface area contributed by atoms with Crippen molar-refractivity contribution in [2.24, 2.45) is 0 Å². The lowest BCUT2D eigenvalue weighted by atomic mass is 10.1. The lowest BCUT2D eigenvalue weighted by Crippen LogP contribution is -2.05. The number of rotatable bonds is 7. The van der Waals surface area contributed by atoms with Gasteiger partial charge in [-0.1, -0.05) is 41.9 Å². The summed E-state index contributed by atoms with van der Waals surface area (Å²) in [4.78, 5) is 4.22. The van der Waals surface area contributed by atoms with Crippen LogP contribution in [0.5, 0.6) is 11.5 Å². The molecule has 124 valence electrons. The van der Waals surface area contributed by atoms with Crippen molar-refractivity contribution in [1.82, 2.24) is 4.98 Å². The van der Waals surface area contributed by atoms with E-state index in [0.29, 0.717) is 29.7 Å². The standard InChI is InChI=1S/C18H17ClN2O2S/c1-22-16-10-15(19)9-14(11-21-18-20-7-8-24-18)17(16)23-12-13-5-3-2-4-6-13/h2-10H,11-12H2,1H3,(H,20,21). The molecule has 0 bridgehead atoms. The van der Waals surface area contributed by atoms with E-state index in [-0.39, 0.29) is 0 Å². The molecule has 0 aliphatic heterocycles. The molecular weight excluding hydrogens is 344 g/mol. The largest absolute Gasteiger partial charge is 0.493 e. The van der Waals surface area contributed by atoms with Crippen LogP contribution in [0.1, 0.15) is 11.1 Å². The second kappa shape index (κ2) is 8.04. The van der Waals surface area contributed by atoms with Gasteiger partial charge >= 0.3 is 0 Å². The van der Waals surface area contributed by atoms with Crippen molar-refractivity contribution < 1.29 is 9.47 Å². The number of ether oxygens (including phenoxy) is 2. The number of nitrogens with zero attached hydrogens (tertiary/aromatic N) is 1. The maximum Gasteiger partial charge on any atom is 0.182 e. The minimum absolute atomic E-state index is 0.461. The Bertz CT molecular complexity index is 779. The van der Waals surface area contributed by atoms with Crippen molar-refractivity contribution in [3.8, 4) is 11.5 Å².